The normalized spacial score (nSPS) is 18.3. The van der Waals surface area contributed by atoms with Crippen molar-refractivity contribution in [1.82, 2.24) is 20.1 Å². The highest BCUT2D eigenvalue weighted by Crippen LogP contribution is 2.28. The van der Waals surface area contributed by atoms with E-state index in [1.54, 1.807) is 12.7 Å². The molecule has 2 rings (SSSR count). The molecule has 1 heterocycles. The first-order valence-electron chi connectivity index (χ1n) is 6.40. The van der Waals surface area contributed by atoms with Crippen molar-refractivity contribution in [2.45, 2.75) is 51.6 Å². The van der Waals surface area contributed by atoms with Gasteiger partial charge in [-0.05, 0) is 32.2 Å². The summed E-state index contributed by atoms with van der Waals surface area (Å²) in [5.41, 5.74) is 0. The molecule has 0 amide bonds. The van der Waals surface area contributed by atoms with Gasteiger partial charge < -0.3 is 5.32 Å². The lowest BCUT2D eigenvalue weighted by Gasteiger charge is -2.26. The van der Waals surface area contributed by atoms with Gasteiger partial charge in [0.15, 0.2) is 0 Å². The molecule has 0 saturated heterocycles. The van der Waals surface area contributed by atoms with Crippen LogP contribution < -0.4 is 5.32 Å². The number of rotatable bonds is 7. The molecule has 4 heteroatoms. The maximum Gasteiger partial charge on any atom is 0.137 e. The first-order chi connectivity index (χ1) is 7.84. The lowest BCUT2D eigenvalue weighted by atomic mass is 9.83. The molecule has 1 N–H and O–H groups in total. The minimum absolute atomic E-state index is 0.573. The molecule has 1 aromatic heterocycles. The average Bonchev–Trinajstić information content (AvgIpc) is 2.71. The van der Waals surface area contributed by atoms with Crippen LogP contribution in [0, 0.1) is 5.92 Å². The second-order valence-electron chi connectivity index (χ2n) is 4.89. The Balaban J connectivity index is 1.52. The maximum absolute atomic E-state index is 4.10. The molecule has 0 aromatic carbocycles. The van der Waals surface area contributed by atoms with Crippen molar-refractivity contribution in [3.05, 3.63) is 12.7 Å². The Morgan fingerprint density at radius 1 is 1.50 bits per heavy atom. The van der Waals surface area contributed by atoms with Gasteiger partial charge in [0, 0.05) is 12.6 Å². The van der Waals surface area contributed by atoms with Crippen LogP contribution in [0.5, 0.6) is 0 Å². The van der Waals surface area contributed by atoms with Gasteiger partial charge in [0.05, 0.1) is 0 Å². The van der Waals surface area contributed by atoms with E-state index in [-0.39, 0.29) is 0 Å². The number of nitrogens with zero attached hydrogens (tertiary/aromatic N) is 3. The number of aromatic nitrogens is 3. The van der Waals surface area contributed by atoms with Crippen molar-refractivity contribution in [1.29, 1.82) is 0 Å². The van der Waals surface area contributed by atoms with Crippen LogP contribution in [-0.2, 0) is 6.54 Å². The highest BCUT2D eigenvalue weighted by Gasteiger charge is 2.16. The lowest BCUT2D eigenvalue weighted by Crippen LogP contribution is -2.30. The molecule has 90 valence electrons. The second-order valence-corrected chi connectivity index (χ2v) is 4.89. The van der Waals surface area contributed by atoms with E-state index in [0.29, 0.717) is 6.04 Å². The SMILES string of the molecule is CC(CCn1cncn1)NCCC1CCC1. The Labute approximate surface area is 97.5 Å². The third-order valence-electron chi connectivity index (χ3n) is 3.53. The van der Waals surface area contributed by atoms with Gasteiger partial charge in [0.2, 0.25) is 0 Å². The van der Waals surface area contributed by atoms with Crippen molar-refractivity contribution in [2.75, 3.05) is 6.54 Å². The molecule has 1 aliphatic carbocycles. The summed E-state index contributed by atoms with van der Waals surface area (Å²) in [5.74, 6) is 1.01. The molecule has 1 saturated carbocycles. The van der Waals surface area contributed by atoms with Gasteiger partial charge >= 0.3 is 0 Å². The molecule has 1 fully saturated rings. The molecule has 0 aliphatic heterocycles. The summed E-state index contributed by atoms with van der Waals surface area (Å²) in [6.45, 7) is 4.37. The van der Waals surface area contributed by atoms with Crippen molar-refractivity contribution < 1.29 is 0 Å². The van der Waals surface area contributed by atoms with Crippen LogP contribution in [0.1, 0.15) is 39.0 Å². The Hall–Kier alpha value is -0.900. The molecule has 4 nitrogen and oxygen atoms in total. The van der Waals surface area contributed by atoms with Crippen LogP contribution in [0.2, 0.25) is 0 Å². The van der Waals surface area contributed by atoms with E-state index in [4.69, 9.17) is 0 Å². The van der Waals surface area contributed by atoms with Crippen LogP contribution in [0.25, 0.3) is 0 Å². The largest absolute Gasteiger partial charge is 0.314 e. The quantitative estimate of drug-likeness (QED) is 0.765. The standard InChI is InChI=1S/C12H22N4/c1-11(6-8-16-10-13-9-15-16)14-7-5-12-3-2-4-12/h9-12,14H,2-8H2,1H3. The van der Waals surface area contributed by atoms with Crippen LogP contribution in [-0.4, -0.2) is 27.4 Å². The fraction of sp³-hybridized carbons (Fsp3) is 0.833. The van der Waals surface area contributed by atoms with E-state index >= 15 is 0 Å². The Morgan fingerprint density at radius 3 is 3.00 bits per heavy atom. The molecule has 0 bridgehead atoms. The number of hydrogen-bond acceptors (Lipinski definition) is 3. The van der Waals surface area contributed by atoms with E-state index < -0.39 is 0 Å². The zero-order valence-electron chi connectivity index (χ0n) is 10.1. The molecule has 1 atom stereocenters. The number of aryl methyl sites for hydroxylation is 1. The van der Waals surface area contributed by atoms with Gasteiger partial charge in [-0.1, -0.05) is 19.3 Å². The third kappa shape index (κ3) is 3.59. The van der Waals surface area contributed by atoms with Gasteiger partial charge in [-0.3, -0.25) is 4.68 Å². The molecule has 1 aliphatic rings. The van der Waals surface area contributed by atoms with Gasteiger partial charge in [-0.2, -0.15) is 5.10 Å². The summed E-state index contributed by atoms with van der Waals surface area (Å²) in [6.07, 6.45) is 10.2. The van der Waals surface area contributed by atoms with Crippen LogP contribution in [0.15, 0.2) is 12.7 Å². The molecule has 16 heavy (non-hydrogen) atoms. The Bertz CT molecular complexity index is 279. The molecule has 1 unspecified atom stereocenters. The molecular formula is C12H22N4. The van der Waals surface area contributed by atoms with Gasteiger partial charge in [-0.15, -0.1) is 0 Å². The molecule has 0 spiro atoms. The van der Waals surface area contributed by atoms with Crippen LogP contribution in [0.4, 0.5) is 0 Å². The first kappa shape index (κ1) is 11.6. The summed E-state index contributed by atoms with van der Waals surface area (Å²) in [5, 5.41) is 7.68. The zero-order chi connectivity index (χ0) is 11.2. The predicted molar refractivity (Wildman–Crippen MR) is 64.1 cm³/mol. The average molecular weight is 222 g/mol. The van der Waals surface area contributed by atoms with Gasteiger partial charge in [-0.25, -0.2) is 4.98 Å². The van der Waals surface area contributed by atoms with Crippen molar-refractivity contribution in [2.24, 2.45) is 5.92 Å². The van der Waals surface area contributed by atoms with E-state index in [1.165, 1.54) is 32.2 Å². The fourth-order valence-electron chi connectivity index (χ4n) is 2.09. The van der Waals surface area contributed by atoms with Crippen molar-refractivity contribution >= 4 is 0 Å². The van der Waals surface area contributed by atoms with Gasteiger partial charge in [0.1, 0.15) is 12.7 Å². The highest BCUT2D eigenvalue weighted by atomic mass is 15.3. The van der Waals surface area contributed by atoms with Crippen LogP contribution >= 0.6 is 0 Å². The minimum atomic E-state index is 0.573. The van der Waals surface area contributed by atoms with Crippen molar-refractivity contribution in [3.63, 3.8) is 0 Å². The summed E-state index contributed by atoms with van der Waals surface area (Å²) >= 11 is 0. The smallest absolute Gasteiger partial charge is 0.137 e. The number of nitrogens with one attached hydrogen (secondary N) is 1. The van der Waals surface area contributed by atoms with E-state index in [1.807, 2.05) is 4.68 Å². The zero-order valence-corrected chi connectivity index (χ0v) is 10.1. The summed E-state index contributed by atoms with van der Waals surface area (Å²) in [7, 11) is 0. The Morgan fingerprint density at radius 2 is 2.38 bits per heavy atom. The number of hydrogen-bond donors (Lipinski definition) is 1. The van der Waals surface area contributed by atoms with E-state index in [9.17, 15) is 0 Å². The topological polar surface area (TPSA) is 42.7 Å². The van der Waals surface area contributed by atoms with Crippen molar-refractivity contribution in [3.8, 4) is 0 Å². The third-order valence-corrected chi connectivity index (χ3v) is 3.53. The monoisotopic (exact) mass is 222 g/mol. The van der Waals surface area contributed by atoms with E-state index in [2.05, 4.69) is 22.3 Å². The van der Waals surface area contributed by atoms with Crippen LogP contribution in [0.3, 0.4) is 0 Å². The highest BCUT2D eigenvalue weighted by molar-refractivity contribution is 4.71. The molecule has 1 aromatic rings. The second kappa shape index (κ2) is 5.99. The molecular weight excluding hydrogens is 200 g/mol. The fourth-order valence-corrected chi connectivity index (χ4v) is 2.09. The summed E-state index contributed by atoms with van der Waals surface area (Å²) in [4.78, 5) is 3.94. The first-order valence-corrected chi connectivity index (χ1v) is 6.40. The lowest BCUT2D eigenvalue weighted by molar-refractivity contribution is 0.286. The molecule has 0 radical (unpaired) electrons. The summed E-state index contributed by atoms with van der Waals surface area (Å²) < 4.78 is 1.89. The van der Waals surface area contributed by atoms with E-state index in [0.717, 1.165) is 18.9 Å². The maximum atomic E-state index is 4.10. The van der Waals surface area contributed by atoms with Gasteiger partial charge in [0.25, 0.3) is 0 Å². The minimum Gasteiger partial charge on any atom is -0.314 e. The summed E-state index contributed by atoms with van der Waals surface area (Å²) in [6, 6.07) is 0.573. The predicted octanol–water partition coefficient (Wildman–Crippen LogP) is 1.84. The Kier molecular flexibility index (Phi) is 4.34.